The zero-order valence-corrected chi connectivity index (χ0v) is 10.5. The fraction of sp³-hybridized carbons (Fsp3) is 0.417. The average molecular weight is 274 g/mol. The van der Waals surface area contributed by atoms with Crippen molar-refractivity contribution in [3.63, 3.8) is 0 Å². The van der Waals surface area contributed by atoms with E-state index in [2.05, 4.69) is 0 Å². The molecule has 0 heterocycles. The van der Waals surface area contributed by atoms with Gasteiger partial charge in [-0.05, 0) is 18.6 Å². The minimum absolute atomic E-state index is 0.133. The molecule has 1 aliphatic rings. The molecule has 0 bridgehead atoms. The maximum atomic E-state index is 13.5. The van der Waals surface area contributed by atoms with Crippen LogP contribution in [0.25, 0.3) is 0 Å². The number of hydrogen-bond acceptors (Lipinski definition) is 3. The summed E-state index contributed by atoms with van der Waals surface area (Å²) in [5, 5.41) is -0.912. The molecule has 0 amide bonds. The number of rotatable bonds is 2. The third-order valence-electron chi connectivity index (χ3n) is 3.34. The molecular weight excluding hydrogens is 262 g/mol. The van der Waals surface area contributed by atoms with Crippen LogP contribution < -0.4 is 0 Å². The van der Waals surface area contributed by atoms with Crippen molar-refractivity contribution in [1.82, 2.24) is 0 Å². The summed E-state index contributed by atoms with van der Waals surface area (Å²) in [6.07, 6.45) is 0.382. The van der Waals surface area contributed by atoms with Crippen molar-refractivity contribution < 1.29 is 22.0 Å². The normalized spacial score (nSPS) is 24.5. The minimum atomic E-state index is -3.93. The molecule has 0 aromatic heterocycles. The van der Waals surface area contributed by atoms with Gasteiger partial charge >= 0.3 is 0 Å². The van der Waals surface area contributed by atoms with Crippen LogP contribution in [0, 0.1) is 17.6 Å². The Morgan fingerprint density at radius 2 is 1.94 bits per heavy atom. The molecule has 1 aliphatic carbocycles. The molecule has 0 saturated heterocycles. The summed E-state index contributed by atoms with van der Waals surface area (Å²) in [6.45, 7) is 1.53. The number of halogens is 2. The van der Waals surface area contributed by atoms with Gasteiger partial charge in [-0.15, -0.1) is 0 Å². The molecule has 1 aromatic rings. The lowest BCUT2D eigenvalue weighted by atomic mass is 10.1. The predicted molar refractivity (Wildman–Crippen MR) is 60.7 cm³/mol. The molecule has 0 spiro atoms. The number of carbonyl (C=O) groups excluding carboxylic acids is 1. The summed E-state index contributed by atoms with van der Waals surface area (Å²) in [7, 11) is -3.93. The van der Waals surface area contributed by atoms with Crippen molar-refractivity contribution in [2.75, 3.05) is 0 Å². The Labute approximate surface area is 104 Å². The molecule has 3 nitrogen and oxygen atoms in total. The lowest BCUT2D eigenvalue weighted by Crippen LogP contribution is -2.27. The van der Waals surface area contributed by atoms with E-state index in [1.807, 2.05) is 0 Å². The van der Waals surface area contributed by atoms with Gasteiger partial charge in [-0.25, -0.2) is 17.2 Å². The fourth-order valence-electron chi connectivity index (χ4n) is 2.26. The number of ketones is 1. The Hall–Kier alpha value is -1.30. The molecule has 6 heteroatoms. The van der Waals surface area contributed by atoms with Gasteiger partial charge in [0.1, 0.15) is 22.3 Å². The van der Waals surface area contributed by atoms with Crippen molar-refractivity contribution in [1.29, 1.82) is 0 Å². The Balaban J connectivity index is 2.46. The maximum absolute atomic E-state index is 13.5. The predicted octanol–water partition coefficient (Wildman–Crippen LogP) is 2.11. The Morgan fingerprint density at radius 3 is 2.44 bits per heavy atom. The number of Topliss-reactive ketones (excluding diaryl/α,β-unsaturated/α-hetero) is 1. The van der Waals surface area contributed by atoms with Crippen molar-refractivity contribution in [2.45, 2.75) is 29.9 Å². The maximum Gasteiger partial charge on any atom is 0.184 e. The summed E-state index contributed by atoms with van der Waals surface area (Å²) in [6, 6.07) is 2.35. The van der Waals surface area contributed by atoms with Gasteiger partial charge in [-0.2, -0.15) is 0 Å². The molecule has 2 atom stereocenters. The lowest BCUT2D eigenvalue weighted by Gasteiger charge is -2.15. The first-order valence-corrected chi connectivity index (χ1v) is 7.10. The van der Waals surface area contributed by atoms with Gasteiger partial charge in [0.15, 0.2) is 9.84 Å². The highest BCUT2D eigenvalue weighted by Gasteiger charge is 2.41. The lowest BCUT2D eigenvalue weighted by molar-refractivity contribution is -0.120. The van der Waals surface area contributed by atoms with Crippen molar-refractivity contribution in [2.24, 2.45) is 5.92 Å². The molecule has 2 rings (SSSR count). The minimum Gasteiger partial charge on any atom is -0.299 e. The van der Waals surface area contributed by atoms with Crippen LogP contribution >= 0.6 is 0 Å². The summed E-state index contributed by atoms with van der Waals surface area (Å²) in [5.74, 6) is -2.71. The van der Waals surface area contributed by atoms with E-state index in [0.29, 0.717) is 6.07 Å². The van der Waals surface area contributed by atoms with Crippen LogP contribution in [0.2, 0.25) is 0 Å². The van der Waals surface area contributed by atoms with Gasteiger partial charge in [-0.3, -0.25) is 4.79 Å². The highest BCUT2D eigenvalue weighted by Crippen LogP contribution is 2.33. The smallest absolute Gasteiger partial charge is 0.184 e. The highest BCUT2D eigenvalue weighted by molar-refractivity contribution is 7.92. The van der Waals surface area contributed by atoms with Crippen LogP contribution in [0.3, 0.4) is 0 Å². The number of hydrogen-bond donors (Lipinski definition) is 0. The van der Waals surface area contributed by atoms with E-state index in [1.54, 1.807) is 0 Å². The molecule has 2 unspecified atom stereocenters. The van der Waals surface area contributed by atoms with E-state index >= 15 is 0 Å². The second-order valence-corrected chi connectivity index (χ2v) is 6.59. The Morgan fingerprint density at radius 1 is 1.28 bits per heavy atom. The molecule has 1 aromatic carbocycles. The van der Waals surface area contributed by atoms with Gasteiger partial charge in [0.2, 0.25) is 0 Å². The van der Waals surface area contributed by atoms with E-state index in [9.17, 15) is 22.0 Å². The van der Waals surface area contributed by atoms with E-state index < -0.39 is 37.5 Å². The Kier molecular flexibility index (Phi) is 3.23. The summed E-state index contributed by atoms with van der Waals surface area (Å²) >= 11 is 0. The number of sulfone groups is 1. The quantitative estimate of drug-likeness (QED) is 0.776. The molecule has 98 valence electrons. The highest BCUT2D eigenvalue weighted by atomic mass is 32.2. The second kappa shape index (κ2) is 4.42. The molecule has 1 saturated carbocycles. The molecule has 0 aliphatic heterocycles. The fourth-order valence-corrected chi connectivity index (χ4v) is 4.29. The second-order valence-electron chi connectivity index (χ2n) is 4.45. The zero-order chi connectivity index (χ0) is 13.5. The first-order chi connectivity index (χ1) is 8.34. The standard InChI is InChI=1S/C12H12F2O3S/c1-7-10(15)3-5-11(7)18(16,17)12-4-2-8(13)6-9(12)14/h2,4,6-7,11H,3,5H2,1H3. The van der Waals surface area contributed by atoms with E-state index in [0.717, 1.165) is 12.1 Å². The molecule has 18 heavy (non-hydrogen) atoms. The SMILES string of the molecule is CC1C(=O)CCC1S(=O)(=O)c1ccc(F)cc1F. The third-order valence-corrected chi connectivity index (χ3v) is 5.73. The van der Waals surface area contributed by atoms with E-state index in [1.165, 1.54) is 6.92 Å². The van der Waals surface area contributed by atoms with E-state index in [4.69, 9.17) is 0 Å². The topological polar surface area (TPSA) is 51.2 Å². The summed E-state index contributed by atoms with van der Waals surface area (Å²) in [5.41, 5.74) is 0. The first-order valence-electron chi connectivity index (χ1n) is 5.55. The number of benzene rings is 1. The van der Waals surface area contributed by atoms with Gasteiger partial charge in [0.25, 0.3) is 0 Å². The van der Waals surface area contributed by atoms with E-state index in [-0.39, 0.29) is 18.6 Å². The molecule has 1 fully saturated rings. The van der Waals surface area contributed by atoms with Crippen LogP contribution in [-0.2, 0) is 14.6 Å². The first kappa shape index (κ1) is 13.1. The van der Waals surface area contributed by atoms with Gasteiger partial charge in [0.05, 0.1) is 5.25 Å². The van der Waals surface area contributed by atoms with Crippen molar-refractivity contribution in [3.05, 3.63) is 29.8 Å². The van der Waals surface area contributed by atoms with Gasteiger partial charge < -0.3 is 0 Å². The zero-order valence-electron chi connectivity index (χ0n) is 9.69. The van der Waals surface area contributed by atoms with Gasteiger partial charge in [-0.1, -0.05) is 6.92 Å². The Bertz CT molecular complexity index is 595. The van der Waals surface area contributed by atoms with Crippen LogP contribution in [-0.4, -0.2) is 19.5 Å². The summed E-state index contributed by atoms with van der Waals surface area (Å²) in [4.78, 5) is 10.9. The average Bonchev–Trinajstić information content (AvgIpc) is 2.59. The van der Waals surface area contributed by atoms with Crippen molar-refractivity contribution in [3.8, 4) is 0 Å². The van der Waals surface area contributed by atoms with Crippen molar-refractivity contribution >= 4 is 15.6 Å². The molecule has 0 N–H and O–H groups in total. The largest absolute Gasteiger partial charge is 0.299 e. The van der Waals surface area contributed by atoms with Crippen LogP contribution in [0.1, 0.15) is 19.8 Å². The monoisotopic (exact) mass is 274 g/mol. The van der Waals surface area contributed by atoms with Crippen LogP contribution in [0.5, 0.6) is 0 Å². The van der Waals surface area contributed by atoms with Gasteiger partial charge in [0, 0.05) is 18.4 Å². The molecule has 0 radical (unpaired) electrons. The van der Waals surface area contributed by atoms with Crippen LogP contribution in [0.15, 0.2) is 23.1 Å². The summed E-state index contributed by atoms with van der Waals surface area (Å²) < 4.78 is 50.7. The third kappa shape index (κ3) is 2.05. The van der Waals surface area contributed by atoms with Crippen LogP contribution in [0.4, 0.5) is 8.78 Å². The number of carbonyl (C=O) groups is 1. The molecular formula is C12H12F2O3S.